The lowest BCUT2D eigenvalue weighted by atomic mass is 10.1. The Hall–Kier alpha value is -2.85. The number of likely N-dealkylation sites (tertiary alicyclic amines) is 1. The van der Waals surface area contributed by atoms with E-state index in [1.807, 2.05) is 17.9 Å². The van der Waals surface area contributed by atoms with Gasteiger partial charge in [0.05, 0.1) is 25.7 Å². The Morgan fingerprint density at radius 2 is 1.91 bits per heavy atom. The Bertz CT molecular complexity index is 917. The van der Waals surface area contributed by atoms with Crippen LogP contribution in [0, 0.1) is 5.92 Å². The lowest BCUT2D eigenvalue weighted by Gasteiger charge is -2.34. The van der Waals surface area contributed by atoms with Crippen molar-refractivity contribution in [2.45, 2.75) is 26.4 Å². The van der Waals surface area contributed by atoms with E-state index in [2.05, 4.69) is 17.0 Å². The minimum atomic E-state index is -0.320. The minimum absolute atomic E-state index is 0.00945. The average Bonchev–Trinajstić information content (AvgIpc) is 3.09. The largest absolute Gasteiger partial charge is 0.491 e. The summed E-state index contributed by atoms with van der Waals surface area (Å²) < 4.78 is 16.1. The second-order valence-corrected chi connectivity index (χ2v) is 9.25. The van der Waals surface area contributed by atoms with Gasteiger partial charge in [-0.3, -0.25) is 14.5 Å². The maximum absolute atomic E-state index is 13.3. The van der Waals surface area contributed by atoms with Gasteiger partial charge in [-0.15, -0.1) is 0 Å². The van der Waals surface area contributed by atoms with Crippen molar-refractivity contribution in [3.8, 4) is 5.75 Å². The first-order valence-electron chi connectivity index (χ1n) is 12.4. The summed E-state index contributed by atoms with van der Waals surface area (Å²) in [5.74, 6) is 0.507. The topological polar surface area (TPSA) is 91.9 Å². The number of carbonyl (C=O) groups is 3. The Balaban J connectivity index is 1.35. The molecule has 3 aliphatic rings. The molecule has 10 heteroatoms. The molecule has 0 aliphatic carbocycles. The molecular formula is C25H36N4O6. The number of hydrogen-bond donors (Lipinski definition) is 0. The summed E-state index contributed by atoms with van der Waals surface area (Å²) in [5, 5.41) is 0. The van der Waals surface area contributed by atoms with E-state index in [0.717, 1.165) is 36.5 Å². The number of carbonyl (C=O) groups excluding carboxylic acids is 3. The molecular weight excluding hydrogens is 452 g/mol. The monoisotopic (exact) mass is 488 g/mol. The third-order valence-corrected chi connectivity index (χ3v) is 6.85. The molecule has 0 spiro atoms. The fraction of sp³-hybridized carbons (Fsp3) is 0.640. The van der Waals surface area contributed by atoms with Gasteiger partial charge in [-0.2, -0.15) is 0 Å². The first-order chi connectivity index (χ1) is 17.0. The van der Waals surface area contributed by atoms with Crippen molar-refractivity contribution in [1.29, 1.82) is 0 Å². The van der Waals surface area contributed by atoms with E-state index < -0.39 is 0 Å². The number of hydrogen-bond acceptors (Lipinski definition) is 7. The summed E-state index contributed by atoms with van der Waals surface area (Å²) in [6.45, 7) is 8.68. The third kappa shape index (κ3) is 6.24. The number of rotatable bonds is 7. The van der Waals surface area contributed by atoms with Gasteiger partial charge >= 0.3 is 6.09 Å². The first-order valence-corrected chi connectivity index (χ1v) is 12.4. The molecule has 10 nitrogen and oxygen atoms in total. The van der Waals surface area contributed by atoms with Crippen molar-refractivity contribution < 1.29 is 28.6 Å². The highest BCUT2D eigenvalue weighted by Crippen LogP contribution is 2.28. The third-order valence-electron chi connectivity index (χ3n) is 6.85. The van der Waals surface area contributed by atoms with Crippen molar-refractivity contribution in [3.63, 3.8) is 0 Å². The number of methoxy groups -OCH3 is 1. The zero-order chi connectivity index (χ0) is 24.8. The van der Waals surface area contributed by atoms with Crippen LogP contribution in [0.25, 0.3) is 0 Å². The van der Waals surface area contributed by atoms with Crippen molar-refractivity contribution in [3.05, 3.63) is 29.3 Å². The maximum Gasteiger partial charge on any atom is 0.409 e. The second kappa shape index (κ2) is 11.7. The van der Waals surface area contributed by atoms with Crippen LogP contribution in [-0.4, -0.2) is 110 Å². The van der Waals surface area contributed by atoms with Crippen LogP contribution < -0.4 is 4.74 Å². The molecule has 1 aromatic rings. The summed E-state index contributed by atoms with van der Waals surface area (Å²) in [4.78, 5) is 45.1. The standard InChI is InChI=1S/C25H36N4O6/c1-3-34-25(32)27-8-6-26(7-9-27)16-19-4-5-22-20(14-19)17-29(11-13-35-22)24(31)21-15-23(30)28(18-21)10-12-33-2/h4-5,14,21H,3,6-13,15-18H2,1-2H3. The minimum Gasteiger partial charge on any atom is -0.491 e. The Morgan fingerprint density at radius 3 is 2.66 bits per heavy atom. The van der Waals surface area contributed by atoms with Crippen molar-refractivity contribution >= 4 is 17.9 Å². The van der Waals surface area contributed by atoms with E-state index in [1.165, 1.54) is 0 Å². The molecule has 4 rings (SSSR count). The summed E-state index contributed by atoms with van der Waals surface area (Å²) in [7, 11) is 1.61. The van der Waals surface area contributed by atoms with E-state index in [9.17, 15) is 14.4 Å². The lowest BCUT2D eigenvalue weighted by molar-refractivity contribution is -0.136. The Kier molecular flexibility index (Phi) is 8.46. The van der Waals surface area contributed by atoms with Gasteiger partial charge in [0.25, 0.3) is 0 Å². The van der Waals surface area contributed by atoms with E-state index in [1.54, 1.807) is 16.9 Å². The molecule has 0 aromatic heterocycles. The van der Waals surface area contributed by atoms with Gasteiger partial charge in [0, 0.05) is 71.5 Å². The van der Waals surface area contributed by atoms with Gasteiger partial charge in [-0.05, 0) is 24.6 Å². The quantitative estimate of drug-likeness (QED) is 0.569. The van der Waals surface area contributed by atoms with Crippen molar-refractivity contribution in [1.82, 2.24) is 19.6 Å². The Labute approximate surface area is 206 Å². The zero-order valence-electron chi connectivity index (χ0n) is 20.7. The molecule has 0 radical (unpaired) electrons. The lowest BCUT2D eigenvalue weighted by Crippen LogP contribution is -2.48. The molecule has 3 heterocycles. The molecule has 0 saturated carbocycles. The summed E-state index contributed by atoms with van der Waals surface area (Å²) in [5.41, 5.74) is 2.13. The SMILES string of the molecule is CCOC(=O)N1CCN(Cc2ccc3c(c2)CN(C(=O)C2CC(=O)N(CCOC)C2)CCO3)CC1. The van der Waals surface area contributed by atoms with Crippen LogP contribution in [0.4, 0.5) is 4.79 Å². The summed E-state index contributed by atoms with van der Waals surface area (Å²) in [6.07, 6.45) is 0.00905. The fourth-order valence-electron chi connectivity index (χ4n) is 4.91. The maximum atomic E-state index is 13.3. The van der Waals surface area contributed by atoms with Crippen LogP contribution in [0.5, 0.6) is 5.75 Å². The Morgan fingerprint density at radius 1 is 1.11 bits per heavy atom. The van der Waals surface area contributed by atoms with Gasteiger partial charge in [0.15, 0.2) is 0 Å². The molecule has 1 unspecified atom stereocenters. The van der Waals surface area contributed by atoms with Crippen LogP contribution in [0.15, 0.2) is 18.2 Å². The molecule has 3 aliphatic heterocycles. The van der Waals surface area contributed by atoms with Crippen LogP contribution in [0.2, 0.25) is 0 Å². The van der Waals surface area contributed by atoms with Gasteiger partial charge < -0.3 is 28.9 Å². The van der Waals surface area contributed by atoms with Crippen molar-refractivity contribution in [2.24, 2.45) is 5.92 Å². The zero-order valence-corrected chi connectivity index (χ0v) is 20.7. The fourth-order valence-corrected chi connectivity index (χ4v) is 4.91. The van der Waals surface area contributed by atoms with E-state index in [0.29, 0.717) is 59.1 Å². The van der Waals surface area contributed by atoms with E-state index in [-0.39, 0.29) is 30.2 Å². The molecule has 0 N–H and O–H groups in total. The highest BCUT2D eigenvalue weighted by Gasteiger charge is 2.37. The highest BCUT2D eigenvalue weighted by atomic mass is 16.6. The highest BCUT2D eigenvalue weighted by molar-refractivity contribution is 5.89. The van der Waals surface area contributed by atoms with E-state index in [4.69, 9.17) is 14.2 Å². The van der Waals surface area contributed by atoms with Crippen LogP contribution in [0.1, 0.15) is 24.5 Å². The molecule has 1 atom stereocenters. The number of benzene rings is 1. The van der Waals surface area contributed by atoms with Crippen LogP contribution in [-0.2, 0) is 32.2 Å². The van der Waals surface area contributed by atoms with E-state index >= 15 is 0 Å². The van der Waals surface area contributed by atoms with Gasteiger partial charge in [0.2, 0.25) is 11.8 Å². The van der Waals surface area contributed by atoms with Crippen LogP contribution >= 0.6 is 0 Å². The predicted octanol–water partition coefficient (Wildman–Crippen LogP) is 1.18. The van der Waals surface area contributed by atoms with Crippen molar-refractivity contribution in [2.75, 3.05) is 72.7 Å². The number of piperazine rings is 1. The number of fused-ring (bicyclic) bond motifs is 1. The van der Waals surface area contributed by atoms with Gasteiger partial charge in [-0.1, -0.05) is 6.07 Å². The number of amides is 3. The van der Waals surface area contributed by atoms with Gasteiger partial charge in [-0.25, -0.2) is 4.79 Å². The number of nitrogens with zero attached hydrogens (tertiary/aromatic N) is 4. The van der Waals surface area contributed by atoms with Gasteiger partial charge in [0.1, 0.15) is 12.4 Å². The summed E-state index contributed by atoms with van der Waals surface area (Å²) in [6, 6.07) is 6.17. The number of ether oxygens (including phenoxy) is 3. The molecule has 192 valence electrons. The molecule has 0 bridgehead atoms. The second-order valence-electron chi connectivity index (χ2n) is 9.25. The molecule has 2 saturated heterocycles. The summed E-state index contributed by atoms with van der Waals surface area (Å²) >= 11 is 0. The smallest absolute Gasteiger partial charge is 0.409 e. The average molecular weight is 489 g/mol. The first kappa shape index (κ1) is 25.2. The molecule has 1 aromatic carbocycles. The predicted molar refractivity (Wildman–Crippen MR) is 128 cm³/mol. The van der Waals surface area contributed by atoms with Crippen LogP contribution in [0.3, 0.4) is 0 Å². The molecule has 35 heavy (non-hydrogen) atoms. The molecule has 3 amide bonds. The normalized spacial score (nSPS) is 20.9. The molecule has 2 fully saturated rings.